The van der Waals surface area contributed by atoms with Crippen molar-refractivity contribution in [3.8, 4) is 0 Å². The lowest BCUT2D eigenvalue weighted by atomic mass is 10.9. The highest BCUT2D eigenvalue weighted by atomic mass is 35.5. The highest BCUT2D eigenvalue weighted by Crippen LogP contribution is 2.40. The van der Waals surface area contributed by atoms with Crippen molar-refractivity contribution < 1.29 is 13.1 Å². The second-order valence-electron chi connectivity index (χ2n) is 1.13. The fraction of sp³-hybridized carbons (Fsp3) is 1.00. The Kier molecular flexibility index (Phi) is 7.16. The van der Waals surface area contributed by atoms with Crippen LogP contribution in [0.25, 0.3) is 0 Å². The van der Waals surface area contributed by atoms with Crippen LogP contribution in [0.3, 0.4) is 0 Å². The summed E-state index contributed by atoms with van der Waals surface area (Å²) in [5.74, 6) is 0. The molecule has 0 unspecified atom stereocenters. The van der Waals surface area contributed by atoms with Crippen LogP contribution in [0, 0.1) is 0 Å². The van der Waals surface area contributed by atoms with Gasteiger partial charge in [0.1, 0.15) is 0 Å². The van der Waals surface area contributed by atoms with Crippen molar-refractivity contribution in [2.75, 3.05) is 13.2 Å². The Hall–Kier alpha value is 0.600. The van der Waals surface area contributed by atoms with E-state index < -0.39 is 8.60 Å². The normalized spacial score (nSPS) is 10.7. The van der Waals surface area contributed by atoms with Gasteiger partial charge in [0.05, 0.1) is 25.1 Å². The quantitative estimate of drug-likeness (QED) is 0.597. The van der Waals surface area contributed by atoms with Crippen molar-refractivity contribution >= 4 is 20.5 Å². The molecule has 0 saturated heterocycles. The summed E-state index contributed by atoms with van der Waals surface area (Å²) in [5, 5.41) is 0. The van der Waals surface area contributed by atoms with Gasteiger partial charge in [0.25, 0.3) is 0 Å². The molecule has 0 atom stereocenters. The van der Waals surface area contributed by atoms with Gasteiger partial charge in [-0.2, -0.15) is 4.08 Å². The molecule has 0 radical (unpaired) electrons. The molecule has 0 heterocycles. The Labute approximate surface area is 61.4 Å². The first-order valence-electron chi connectivity index (χ1n) is 2.69. The van der Waals surface area contributed by atoms with Gasteiger partial charge in [0, 0.05) is 0 Å². The van der Waals surface area contributed by atoms with E-state index in [-0.39, 0.29) is 0 Å². The molecule has 3 nitrogen and oxygen atoms in total. The van der Waals surface area contributed by atoms with Crippen molar-refractivity contribution in [3.05, 3.63) is 0 Å². The van der Waals surface area contributed by atoms with Crippen molar-refractivity contribution in [1.29, 1.82) is 0 Å². The van der Waals surface area contributed by atoms with Gasteiger partial charge in [-0.25, -0.2) is 0 Å². The topological polar surface area (TPSA) is 27.7 Å². The van der Waals surface area contributed by atoms with Gasteiger partial charge in [-0.15, -0.1) is 0 Å². The molecule has 0 spiro atoms. The monoisotopic (exact) mass is 172 g/mol. The smallest absolute Gasteiger partial charge is 0.312 e. The van der Waals surface area contributed by atoms with E-state index in [1.165, 1.54) is 0 Å². The average molecular weight is 173 g/mol. The van der Waals surface area contributed by atoms with Crippen LogP contribution in [0.5, 0.6) is 0 Å². The van der Waals surface area contributed by atoms with Crippen molar-refractivity contribution in [2.45, 2.75) is 13.8 Å². The Morgan fingerprint density at radius 2 is 1.67 bits per heavy atom. The number of hydrogen-bond acceptors (Lipinski definition) is 3. The van der Waals surface area contributed by atoms with Crippen LogP contribution in [0.15, 0.2) is 0 Å². The number of hydrogen-bond donors (Lipinski definition) is 0. The molecule has 56 valence electrons. The van der Waals surface area contributed by atoms with Gasteiger partial charge >= 0.3 is 8.60 Å². The Morgan fingerprint density at radius 1 is 1.22 bits per heavy atom. The standard InChI is InChI=1S/C4H10ClO3P/c1-3-6-9(8-5)7-4-2/h3-4H2,1-2H3. The first-order valence-corrected chi connectivity index (χ1v) is 4.10. The summed E-state index contributed by atoms with van der Waals surface area (Å²) in [6.45, 7) is 4.81. The lowest BCUT2D eigenvalue weighted by molar-refractivity contribution is 0.225. The van der Waals surface area contributed by atoms with Gasteiger partial charge in [0.15, 0.2) is 0 Å². The van der Waals surface area contributed by atoms with Gasteiger partial charge in [-0.05, 0) is 13.8 Å². The fourth-order valence-corrected chi connectivity index (χ4v) is 1.10. The molecule has 0 aliphatic rings. The van der Waals surface area contributed by atoms with E-state index in [9.17, 15) is 0 Å². The zero-order valence-corrected chi connectivity index (χ0v) is 7.11. The van der Waals surface area contributed by atoms with E-state index in [1.807, 2.05) is 13.8 Å². The van der Waals surface area contributed by atoms with Gasteiger partial charge in [-0.3, -0.25) is 0 Å². The lowest BCUT2D eigenvalue weighted by Crippen LogP contribution is -1.88. The van der Waals surface area contributed by atoms with Crippen LogP contribution >= 0.6 is 20.5 Å². The second-order valence-corrected chi connectivity index (χ2v) is 2.64. The molecule has 0 aromatic carbocycles. The van der Waals surface area contributed by atoms with E-state index >= 15 is 0 Å². The molecule has 0 rings (SSSR count). The maximum absolute atomic E-state index is 5.00. The predicted octanol–water partition coefficient (Wildman–Crippen LogP) is 2.46. The van der Waals surface area contributed by atoms with Gasteiger partial charge < -0.3 is 9.05 Å². The van der Waals surface area contributed by atoms with Crippen LogP contribution < -0.4 is 0 Å². The first-order chi connectivity index (χ1) is 4.35. The zero-order valence-electron chi connectivity index (χ0n) is 5.46. The Balaban J connectivity index is 3.18. The summed E-state index contributed by atoms with van der Waals surface area (Å²) in [6, 6.07) is 0. The van der Waals surface area contributed by atoms with Gasteiger partial charge in [0.2, 0.25) is 0 Å². The summed E-state index contributed by atoms with van der Waals surface area (Å²) in [5.41, 5.74) is 0. The molecule has 0 aromatic heterocycles. The van der Waals surface area contributed by atoms with Crippen molar-refractivity contribution in [2.24, 2.45) is 0 Å². The molecule has 0 bridgehead atoms. The van der Waals surface area contributed by atoms with E-state index in [0.717, 1.165) is 0 Å². The molecular formula is C4H10ClO3P. The Morgan fingerprint density at radius 3 is 1.89 bits per heavy atom. The molecule has 0 N–H and O–H groups in total. The molecule has 0 aliphatic heterocycles. The minimum atomic E-state index is -1.29. The summed E-state index contributed by atoms with van der Waals surface area (Å²) in [4.78, 5) is 0. The van der Waals surface area contributed by atoms with Crippen molar-refractivity contribution in [1.82, 2.24) is 0 Å². The average Bonchev–Trinajstić information content (AvgIpc) is 1.88. The maximum atomic E-state index is 5.00. The SMILES string of the molecule is CCOP(OCl)OCC. The van der Waals surface area contributed by atoms with Crippen LogP contribution in [0.2, 0.25) is 0 Å². The highest BCUT2D eigenvalue weighted by molar-refractivity contribution is 7.42. The minimum Gasteiger partial charge on any atom is -0.312 e. The fourth-order valence-electron chi connectivity index (χ4n) is 0.288. The third-order valence-electron chi connectivity index (χ3n) is 0.525. The molecular weight excluding hydrogens is 162 g/mol. The summed E-state index contributed by atoms with van der Waals surface area (Å²) < 4.78 is 14.2. The van der Waals surface area contributed by atoms with Crippen molar-refractivity contribution in [3.63, 3.8) is 0 Å². The van der Waals surface area contributed by atoms with Crippen LogP contribution in [-0.4, -0.2) is 13.2 Å². The van der Waals surface area contributed by atoms with E-state index in [1.54, 1.807) is 0 Å². The van der Waals surface area contributed by atoms with E-state index in [0.29, 0.717) is 13.2 Å². The summed E-state index contributed by atoms with van der Waals surface area (Å²) in [7, 11) is -1.29. The first kappa shape index (κ1) is 9.60. The summed E-state index contributed by atoms with van der Waals surface area (Å²) in [6.07, 6.45) is 0. The maximum Gasteiger partial charge on any atom is 0.350 e. The molecule has 0 amide bonds. The second kappa shape index (κ2) is 6.72. The molecule has 0 aromatic rings. The van der Waals surface area contributed by atoms with Gasteiger partial charge in [-0.1, -0.05) is 0 Å². The third-order valence-corrected chi connectivity index (χ3v) is 1.91. The van der Waals surface area contributed by atoms with E-state index in [2.05, 4.69) is 4.08 Å². The summed E-state index contributed by atoms with van der Waals surface area (Å²) >= 11 is 5.00. The highest BCUT2D eigenvalue weighted by Gasteiger charge is 2.07. The Bertz CT molecular complexity index is 57.8. The van der Waals surface area contributed by atoms with E-state index in [4.69, 9.17) is 20.9 Å². The minimum absolute atomic E-state index is 0.554. The van der Waals surface area contributed by atoms with Crippen LogP contribution in [0.1, 0.15) is 13.8 Å². The molecule has 0 fully saturated rings. The van der Waals surface area contributed by atoms with Crippen LogP contribution in [-0.2, 0) is 13.1 Å². The number of rotatable bonds is 5. The molecule has 5 heteroatoms. The molecule has 9 heavy (non-hydrogen) atoms. The third kappa shape index (κ3) is 5.07. The largest absolute Gasteiger partial charge is 0.350 e. The number of halogens is 1. The zero-order chi connectivity index (χ0) is 7.11. The predicted molar refractivity (Wildman–Crippen MR) is 37.1 cm³/mol. The van der Waals surface area contributed by atoms with Crippen LogP contribution in [0.4, 0.5) is 0 Å². The lowest BCUT2D eigenvalue weighted by Gasteiger charge is -2.08. The molecule has 0 aliphatic carbocycles. The molecule has 0 saturated carbocycles.